The van der Waals surface area contributed by atoms with E-state index in [1.807, 2.05) is 0 Å². The van der Waals surface area contributed by atoms with E-state index in [9.17, 15) is 0 Å². The van der Waals surface area contributed by atoms with Gasteiger partial charge in [0.15, 0.2) is 0 Å². The first kappa shape index (κ1) is 41.2. The molecule has 0 bridgehead atoms. The van der Waals surface area contributed by atoms with Gasteiger partial charge in [-0.3, -0.25) is 0 Å². The van der Waals surface area contributed by atoms with Crippen LogP contribution in [0.2, 0.25) is 0 Å². The van der Waals surface area contributed by atoms with Gasteiger partial charge < -0.3 is 9.47 Å². The van der Waals surface area contributed by atoms with Gasteiger partial charge in [0, 0.05) is 19.0 Å². The molecule has 0 aromatic heterocycles. The van der Waals surface area contributed by atoms with Gasteiger partial charge in [0.1, 0.15) is 0 Å². The zero-order chi connectivity index (χ0) is 30.4. The minimum Gasteiger partial charge on any atom is -0.379 e. The van der Waals surface area contributed by atoms with Crippen molar-refractivity contribution in [3.05, 3.63) is 48.6 Å². The molecule has 3 heteroatoms. The SMILES string of the molecule is CCCCC/C=C\C/C=C\CCCCCCCCOCC(CS)OCCCCCCCC/C=C\C/C=C\CCCCC. The first-order valence-corrected chi connectivity index (χ1v) is 18.9. The quantitative estimate of drug-likeness (QED) is 0.0447. The van der Waals surface area contributed by atoms with Gasteiger partial charge in [-0.05, 0) is 77.0 Å². The summed E-state index contributed by atoms with van der Waals surface area (Å²) in [5.74, 6) is 0.742. The van der Waals surface area contributed by atoms with E-state index >= 15 is 0 Å². The van der Waals surface area contributed by atoms with Crippen LogP contribution in [0, 0.1) is 0 Å². The normalized spacial score (nSPS) is 13.1. The fraction of sp³-hybridized carbons (Fsp3) is 0.795. The van der Waals surface area contributed by atoms with Gasteiger partial charge in [0.2, 0.25) is 0 Å². The van der Waals surface area contributed by atoms with Crippen LogP contribution in [0.25, 0.3) is 0 Å². The maximum atomic E-state index is 6.02. The van der Waals surface area contributed by atoms with Crippen molar-refractivity contribution in [2.75, 3.05) is 25.6 Å². The Bertz CT molecular complexity index is 610. The van der Waals surface area contributed by atoms with Crippen molar-refractivity contribution in [2.24, 2.45) is 0 Å². The van der Waals surface area contributed by atoms with Crippen LogP contribution in [-0.2, 0) is 9.47 Å². The van der Waals surface area contributed by atoms with Crippen LogP contribution in [0.4, 0.5) is 0 Å². The molecule has 1 atom stereocenters. The molecule has 0 aliphatic carbocycles. The fourth-order valence-electron chi connectivity index (χ4n) is 4.90. The van der Waals surface area contributed by atoms with Gasteiger partial charge in [-0.2, -0.15) is 12.6 Å². The predicted molar refractivity (Wildman–Crippen MR) is 193 cm³/mol. The van der Waals surface area contributed by atoms with Gasteiger partial charge in [-0.15, -0.1) is 0 Å². The van der Waals surface area contributed by atoms with E-state index < -0.39 is 0 Å². The van der Waals surface area contributed by atoms with Gasteiger partial charge in [-0.25, -0.2) is 0 Å². The number of allylic oxidation sites excluding steroid dienone is 8. The minimum atomic E-state index is 0.135. The molecule has 0 heterocycles. The second kappa shape index (κ2) is 38.3. The van der Waals surface area contributed by atoms with Gasteiger partial charge in [-0.1, -0.05) is 140 Å². The predicted octanol–water partition coefficient (Wildman–Crippen LogP) is 12.9. The van der Waals surface area contributed by atoms with E-state index in [0.29, 0.717) is 6.61 Å². The van der Waals surface area contributed by atoms with E-state index in [0.717, 1.165) is 44.6 Å². The standard InChI is InChI=1S/C39H72O2S/c1-3-5-7-9-11-13-15-17-19-21-23-25-27-29-31-33-35-40-37-39(38-42)41-36-34-32-30-28-26-24-22-20-18-16-14-12-10-8-6-4-2/h11-14,17-20,39,42H,3-10,15-16,21-38H2,1-2H3/b13-11-,14-12-,19-17-,20-18-. The average Bonchev–Trinajstić information content (AvgIpc) is 3.00. The maximum Gasteiger partial charge on any atom is 0.0896 e. The lowest BCUT2D eigenvalue weighted by Gasteiger charge is -2.16. The highest BCUT2D eigenvalue weighted by atomic mass is 32.1. The summed E-state index contributed by atoms with van der Waals surface area (Å²) in [7, 11) is 0. The molecule has 0 saturated carbocycles. The first-order valence-electron chi connectivity index (χ1n) is 18.2. The van der Waals surface area contributed by atoms with E-state index in [-0.39, 0.29) is 6.10 Å². The summed E-state index contributed by atoms with van der Waals surface area (Å²) >= 11 is 4.47. The van der Waals surface area contributed by atoms with Gasteiger partial charge in [0.05, 0.1) is 12.7 Å². The Morgan fingerprint density at radius 3 is 1.26 bits per heavy atom. The zero-order valence-corrected chi connectivity index (χ0v) is 29.2. The molecule has 0 aromatic rings. The molecule has 0 N–H and O–H groups in total. The van der Waals surface area contributed by atoms with Crippen LogP contribution in [0.5, 0.6) is 0 Å². The molecule has 0 amide bonds. The largest absolute Gasteiger partial charge is 0.379 e. The van der Waals surface area contributed by atoms with Crippen LogP contribution in [0.1, 0.15) is 168 Å². The molecule has 0 aliphatic heterocycles. The molecule has 0 fully saturated rings. The molecular formula is C39H72O2S. The number of thiol groups is 1. The Hall–Kier alpha value is -0.770. The van der Waals surface area contributed by atoms with Crippen molar-refractivity contribution in [1.29, 1.82) is 0 Å². The summed E-state index contributed by atoms with van der Waals surface area (Å²) in [6.07, 6.45) is 49.5. The van der Waals surface area contributed by atoms with Crippen LogP contribution in [0.15, 0.2) is 48.6 Å². The van der Waals surface area contributed by atoms with Crippen molar-refractivity contribution < 1.29 is 9.47 Å². The molecule has 246 valence electrons. The molecule has 0 radical (unpaired) electrons. The smallest absolute Gasteiger partial charge is 0.0896 e. The third kappa shape index (κ3) is 35.4. The first-order chi connectivity index (χ1) is 20.8. The Morgan fingerprint density at radius 2 is 0.833 bits per heavy atom. The number of ether oxygens (including phenoxy) is 2. The van der Waals surface area contributed by atoms with E-state index in [1.54, 1.807) is 0 Å². The lowest BCUT2D eigenvalue weighted by molar-refractivity contribution is -0.00604. The molecule has 0 aromatic carbocycles. The fourth-order valence-corrected chi connectivity index (χ4v) is 5.11. The molecule has 0 saturated heterocycles. The van der Waals surface area contributed by atoms with Crippen molar-refractivity contribution in [1.82, 2.24) is 0 Å². The van der Waals surface area contributed by atoms with E-state index in [2.05, 4.69) is 75.1 Å². The summed E-state index contributed by atoms with van der Waals surface area (Å²) < 4.78 is 11.9. The Morgan fingerprint density at radius 1 is 0.452 bits per heavy atom. The van der Waals surface area contributed by atoms with E-state index in [1.165, 1.54) is 128 Å². The Kier molecular flexibility index (Phi) is 37.6. The monoisotopic (exact) mass is 605 g/mol. The van der Waals surface area contributed by atoms with Crippen molar-refractivity contribution >= 4 is 12.6 Å². The van der Waals surface area contributed by atoms with Crippen molar-refractivity contribution in [3.63, 3.8) is 0 Å². The summed E-state index contributed by atoms with van der Waals surface area (Å²) in [5, 5.41) is 0. The van der Waals surface area contributed by atoms with Gasteiger partial charge in [0.25, 0.3) is 0 Å². The molecule has 42 heavy (non-hydrogen) atoms. The van der Waals surface area contributed by atoms with Gasteiger partial charge >= 0.3 is 0 Å². The summed E-state index contributed by atoms with van der Waals surface area (Å²) in [5.41, 5.74) is 0. The second-order valence-electron chi connectivity index (χ2n) is 11.9. The van der Waals surface area contributed by atoms with Crippen LogP contribution in [-0.4, -0.2) is 31.7 Å². The highest BCUT2D eigenvalue weighted by Gasteiger charge is 2.07. The molecule has 1 unspecified atom stereocenters. The number of hydrogen-bond donors (Lipinski definition) is 1. The zero-order valence-electron chi connectivity index (χ0n) is 28.3. The third-order valence-corrected chi connectivity index (χ3v) is 8.10. The summed E-state index contributed by atoms with van der Waals surface area (Å²) in [6, 6.07) is 0. The molecule has 0 aliphatic rings. The van der Waals surface area contributed by atoms with Crippen molar-refractivity contribution in [2.45, 2.75) is 174 Å². The summed E-state index contributed by atoms with van der Waals surface area (Å²) in [4.78, 5) is 0. The Labute approximate surface area is 269 Å². The number of rotatable bonds is 34. The molecule has 0 rings (SSSR count). The van der Waals surface area contributed by atoms with E-state index in [4.69, 9.17) is 9.47 Å². The molecular weight excluding hydrogens is 532 g/mol. The van der Waals surface area contributed by atoms with Crippen LogP contribution < -0.4 is 0 Å². The lowest BCUT2D eigenvalue weighted by atomic mass is 10.1. The molecule has 2 nitrogen and oxygen atoms in total. The number of unbranched alkanes of at least 4 members (excludes halogenated alkanes) is 18. The topological polar surface area (TPSA) is 18.5 Å². The highest BCUT2D eigenvalue weighted by Crippen LogP contribution is 2.11. The average molecular weight is 605 g/mol. The van der Waals surface area contributed by atoms with Crippen LogP contribution in [0.3, 0.4) is 0 Å². The lowest BCUT2D eigenvalue weighted by Crippen LogP contribution is -2.22. The molecule has 0 spiro atoms. The third-order valence-electron chi connectivity index (χ3n) is 7.70. The van der Waals surface area contributed by atoms with Crippen LogP contribution >= 0.6 is 12.6 Å². The highest BCUT2D eigenvalue weighted by molar-refractivity contribution is 7.80. The number of hydrogen-bond acceptors (Lipinski definition) is 3. The second-order valence-corrected chi connectivity index (χ2v) is 12.3. The summed E-state index contributed by atoms with van der Waals surface area (Å²) in [6.45, 7) is 6.91. The minimum absolute atomic E-state index is 0.135. The maximum absolute atomic E-state index is 6.02. The Balaban J connectivity index is 3.38. The van der Waals surface area contributed by atoms with Crippen molar-refractivity contribution in [3.8, 4) is 0 Å².